The lowest BCUT2D eigenvalue weighted by molar-refractivity contribution is -0.132. The van der Waals surface area contributed by atoms with Crippen molar-refractivity contribution in [3.63, 3.8) is 0 Å². The van der Waals surface area contributed by atoms with Crippen molar-refractivity contribution >= 4 is 33.2 Å². The first-order chi connectivity index (χ1) is 11.1. The Balaban J connectivity index is 2.37. The summed E-state index contributed by atoms with van der Waals surface area (Å²) in [5, 5.41) is 0.438. The van der Waals surface area contributed by atoms with E-state index in [2.05, 4.69) is 0 Å². The number of sulfonamides is 1. The summed E-state index contributed by atoms with van der Waals surface area (Å²) in [6, 6.07) is 4.44. The van der Waals surface area contributed by atoms with Gasteiger partial charge in [-0.1, -0.05) is 30.5 Å². The van der Waals surface area contributed by atoms with Crippen LogP contribution < -0.4 is 4.31 Å². The van der Waals surface area contributed by atoms with Gasteiger partial charge in [-0.3, -0.25) is 9.10 Å². The molecule has 0 aromatic heterocycles. The molecule has 1 amide bonds. The van der Waals surface area contributed by atoms with Crippen LogP contribution in [0.1, 0.15) is 38.2 Å². The molecule has 2 rings (SSSR count). The second kappa shape index (κ2) is 7.31. The van der Waals surface area contributed by atoms with Gasteiger partial charge in [0.05, 0.1) is 11.9 Å². The van der Waals surface area contributed by atoms with Crippen LogP contribution in [0.3, 0.4) is 0 Å². The number of halogens is 1. The average molecular weight is 373 g/mol. The average Bonchev–Trinajstić information content (AvgIpc) is 3.02. The first-order valence-electron chi connectivity index (χ1n) is 8.15. The zero-order valence-corrected chi connectivity index (χ0v) is 16.2. The molecular weight excluding hydrogens is 348 g/mol. The Kier molecular flexibility index (Phi) is 5.81. The molecule has 0 unspecified atom stereocenters. The van der Waals surface area contributed by atoms with Gasteiger partial charge in [-0.15, -0.1) is 0 Å². The fourth-order valence-corrected chi connectivity index (χ4v) is 4.75. The number of hydrogen-bond acceptors (Lipinski definition) is 3. The highest BCUT2D eigenvalue weighted by molar-refractivity contribution is 7.92. The summed E-state index contributed by atoms with van der Waals surface area (Å²) in [6.45, 7) is 3.44. The van der Waals surface area contributed by atoms with Crippen molar-refractivity contribution in [2.24, 2.45) is 0 Å². The van der Waals surface area contributed by atoms with Crippen molar-refractivity contribution in [2.75, 3.05) is 17.6 Å². The number of hydrogen-bond donors (Lipinski definition) is 0. The highest BCUT2D eigenvalue weighted by Crippen LogP contribution is 2.30. The maximum atomic E-state index is 12.9. The quantitative estimate of drug-likeness (QED) is 0.797. The molecule has 1 fully saturated rings. The van der Waals surface area contributed by atoms with Crippen LogP contribution in [-0.2, 0) is 14.8 Å². The minimum Gasteiger partial charge on any atom is -0.341 e. The molecule has 1 saturated carbocycles. The standard InChI is InChI=1S/C17H25ClN2O3S/c1-12-9-10-14(18)11-16(12)20(24(4,22)23)13(2)17(21)19(3)15-7-5-6-8-15/h9-11,13,15H,5-8H2,1-4H3/t13-/m0/s1. The van der Waals surface area contributed by atoms with E-state index in [0.717, 1.165) is 37.5 Å². The highest BCUT2D eigenvalue weighted by atomic mass is 35.5. The minimum absolute atomic E-state index is 0.188. The molecule has 1 aromatic carbocycles. The van der Waals surface area contributed by atoms with Crippen molar-refractivity contribution in [1.82, 2.24) is 4.90 Å². The van der Waals surface area contributed by atoms with Crippen LogP contribution >= 0.6 is 11.6 Å². The topological polar surface area (TPSA) is 57.7 Å². The monoisotopic (exact) mass is 372 g/mol. The van der Waals surface area contributed by atoms with Crippen LogP contribution in [0.25, 0.3) is 0 Å². The zero-order valence-electron chi connectivity index (χ0n) is 14.6. The van der Waals surface area contributed by atoms with Gasteiger partial charge in [0.25, 0.3) is 0 Å². The second-order valence-electron chi connectivity index (χ2n) is 6.55. The van der Waals surface area contributed by atoms with Gasteiger partial charge in [-0.2, -0.15) is 0 Å². The molecule has 1 aliphatic carbocycles. The lowest BCUT2D eigenvalue weighted by Crippen LogP contribution is -2.50. The summed E-state index contributed by atoms with van der Waals surface area (Å²) >= 11 is 6.04. The molecule has 7 heteroatoms. The molecule has 1 atom stereocenters. The normalized spacial score (nSPS) is 16.9. The van der Waals surface area contributed by atoms with Crippen molar-refractivity contribution in [3.05, 3.63) is 28.8 Å². The Bertz CT molecular complexity index is 715. The number of carbonyl (C=O) groups excluding carboxylic acids is 1. The molecule has 134 valence electrons. The molecule has 0 aliphatic heterocycles. The van der Waals surface area contributed by atoms with Crippen molar-refractivity contribution in [2.45, 2.75) is 51.6 Å². The van der Waals surface area contributed by atoms with Gasteiger partial charge in [-0.25, -0.2) is 8.42 Å². The van der Waals surface area contributed by atoms with E-state index in [-0.39, 0.29) is 11.9 Å². The van der Waals surface area contributed by atoms with E-state index in [1.807, 2.05) is 6.92 Å². The van der Waals surface area contributed by atoms with Gasteiger partial charge in [0, 0.05) is 18.1 Å². The van der Waals surface area contributed by atoms with E-state index < -0.39 is 16.1 Å². The van der Waals surface area contributed by atoms with E-state index in [1.165, 1.54) is 4.31 Å². The van der Waals surface area contributed by atoms with Crippen LogP contribution in [0, 0.1) is 6.92 Å². The number of nitrogens with zero attached hydrogens (tertiary/aromatic N) is 2. The van der Waals surface area contributed by atoms with Crippen LogP contribution in [0.15, 0.2) is 18.2 Å². The number of rotatable bonds is 5. The summed E-state index contributed by atoms with van der Waals surface area (Å²) in [5.74, 6) is -0.188. The van der Waals surface area contributed by atoms with Crippen molar-refractivity contribution < 1.29 is 13.2 Å². The highest BCUT2D eigenvalue weighted by Gasteiger charge is 2.34. The third kappa shape index (κ3) is 4.03. The molecular formula is C17H25ClN2O3S. The maximum Gasteiger partial charge on any atom is 0.246 e. The Labute approximate surface area is 149 Å². The van der Waals surface area contributed by atoms with E-state index in [1.54, 1.807) is 37.1 Å². The van der Waals surface area contributed by atoms with Crippen molar-refractivity contribution in [1.29, 1.82) is 0 Å². The van der Waals surface area contributed by atoms with Crippen LogP contribution in [0.4, 0.5) is 5.69 Å². The maximum absolute atomic E-state index is 12.9. The van der Waals surface area contributed by atoms with E-state index in [0.29, 0.717) is 10.7 Å². The molecule has 5 nitrogen and oxygen atoms in total. The van der Waals surface area contributed by atoms with E-state index >= 15 is 0 Å². The minimum atomic E-state index is -3.63. The Morgan fingerprint density at radius 2 is 1.88 bits per heavy atom. The predicted octanol–water partition coefficient (Wildman–Crippen LogP) is 3.20. The molecule has 24 heavy (non-hydrogen) atoms. The molecule has 0 spiro atoms. The van der Waals surface area contributed by atoms with Gasteiger partial charge >= 0.3 is 0 Å². The van der Waals surface area contributed by atoms with Crippen molar-refractivity contribution in [3.8, 4) is 0 Å². The van der Waals surface area contributed by atoms with Gasteiger partial charge < -0.3 is 4.90 Å². The SMILES string of the molecule is Cc1ccc(Cl)cc1N([C@@H](C)C(=O)N(C)C1CCCC1)S(C)(=O)=O. The molecule has 0 radical (unpaired) electrons. The fourth-order valence-electron chi connectivity index (χ4n) is 3.36. The predicted molar refractivity (Wildman–Crippen MR) is 98.0 cm³/mol. The van der Waals surface area contributed by atoms with Crippen LogP contribution in [0.5, 0.6) is 0 Å². The van der Waals surface area contributed by atoms with E-state index in [4.69, 9.17) is 11.6 Å². The molecule has 1 aliphatic rings. The van der Waals surface area contributed by atoms with Gasteiger partial charge in [0.1, 0.15) is 6.04 Å². The molecule has 0 heterocycles. The smallest absolute Gasteiger partial charge is 0.246 e. The molecule has 0 bridgehead atoms. The number of aryl methyl sites for hydroxylation is 1. The molecule has 1 aromatic rings. The first-order valence-corrected chi connectivity index (χ1v) is 10.4. The van der Waals surface area contributed by atoms with E-state index in [9.17, 15) is 13.2 Å². The Morgan fingerprint density at radius 3 is 2.42 bits per heavy atom. The zero-order chi connectivity index (χ0) is 18.1. The Hall–Kier alpha value is -1.27. The number of benzene rings is 1. The summed E-state index contributed by atoms with van der Waals surface area (Å²) in [5.41, 5.74) is 1.21. The lowest BCUT2D eigenvalue weighted by atomic mass is 10.1. The number of amides is 1. The fraction of sp³-hybridized carbons (Fsp3) is 0.588. The van der Waals surface area contributed by atoms with Gasteiger partial charge in [0.2, 0.25) is 15.9 Å². The molecule has 0 N–H and O–H groups in total. The first kappa shape index (κ1) is 19.1. The van der Waals surface area contributed by atoms with Crippen LogP contribution in [0.2, 0.25) is 5.02 Å². The summed E-state index contributed by atoms with van der Waals surface area (Å²) in [4.78, 5) is 14.6. The second-order valence-corrected chi connectivity index (χ2v) is 8.85. The summed E-state index contributed by atoms with van der Waals surface area (Å²) in [7, 11) is -1.87. The number of likely N-dealkylation sites (N-methyl/N-ethyl adjacent to an activating group) is 1. The third-order valence-electron chi connectivity index (χ3n) is 4.70. The third-order valence-corrected chi connectivity index (χ3v) is 6.16. The largest absolute Gasteiger partial charge is 0.341 e. The Morgan fingerprint density at radius 1 is 1.29 bits per heavy atom. The van der Waals surface area contributed by atoms with Gasteiger partial charge in [0.15, 0.2) is 0 Å². The van der Waals surface area contributed by atoms with Gasteiger partial charge in [-0.05, 0) is 44.4 Å². The summed E-state index contributed by atoms with van der Waals surface area (Å²) < 4.78 is 26.0. The number of anilines is 1. The lowest BCUT2D eigenvalue weighted by Gasteiger charge is -2.34. The number of carbonyl (C=O) groups is 1. The summed E-state index contributed by atoms with van der Waals surface area (Å²) in [6.07, 6.45) is 5.29. The molecule has 0 saturated heterocycles. The van der Waals surface area contributed by atoms with Crippen LogP contribution in [-0.4, -0.2) is 44.6 Å².